The summed E-state index contributed by atoms with van der Waals surface area (Å²) in [6, 6.07) is 9.17. The summed E-state index contributed by atoms with van der Waals surface area (Å²) in [6.07, 6.45) is 2.65. The van der Waals surface area contributed by atoms with Gasteiger partial charge in [-0.2, -0.15) is 0 Å². The van der Waals surface area contributed by atoms with Gasteiger partial charge in [-0.1, -0.05) is 32.0 Å². The number of aliphatic hydroxyl groups excluding tert-OH is 1. The maximum atomic E-state index is 13.6. The lowest BCUT2D eigenvalue weighted by molar-refractivity contribution is 0.0331. The summed E-state index contributed by atoms with van der Waals surface area (Å²) in [5, 5.41) is 9.82. The molecule has 1 aromatic carbocycles. The van der Waals surface area contributed by atoms with E-state index in [0.717, 1.165) is 30.6 Å². The van der Waals surface area contributed by atoms with Crippen molar-refractivity contribution in [2.24, 2.45) is 5.92 Å². The number of aliphatic hydroxyl groups is 1. The Kier molecular flexibility index (Phi) is 8.10. The van der Waals surface area contributed by atoms with Gasteiger partial charge in [0.2, 0.25) is 5.88 Å². The molecule has 32 heavy (non-hydrogen) atoms. The van der Waals surface area contributed by atoms with Crippen LogP contribution in [0.2, 0.25) is 0 Å². The number of nitrogens with zero attached hydrogens (tertiary/aromatic N) is 3. The van der Waals surface area contributed by atoms with Crippen molar-refractivity contribution in [3.05, 3.63) is 42.1 Å². The average molecular weight is 442 g/mol. The number of rotatable bonds is 8. The molecule has 0 spiro atoms. The third-order valence-corrected chi connectivity index (χ3v) is 6.04. The Hall–Kier alpha value is -2.64. The first-order valence-electron chi connectivity index (χ1n) is 11.3. The molecule has 7 nitrogen and oxygen atoms in total. The van der Waals surface area contributed by atoms with Crippen molar-refractivity contribution in [1.82, 2.24) is 14.8 Å². The summed E-state index contributed by atoms with van der Waals surface area (Å²) in [7, 11) is 3.70. The molecule has 7 heteroatoms. The van der Waals surface area contributed by atoms with Crippen molar-refractivity contribution in [2.75, 3.05) is 40.4 Å². The molecule has 174 valence electrons. The number of para-hydroxylation sites is 1. The molecule has 1 aromatic heterocycles. The smallest absolute Gasteiger partial charge is 0.259 e. The van der Waals surface area contributed by atoms with Crippen molar-refractivity contribution in [3.63, 3.8) is 0 Å². The lowest BCUT2D eigenvalue weighted by Gasteiger charge is -2.37. The Labute approximate surface area is 191 Å². The number of amides is 1. The minimum Gasteiger partial charge on any atom is -0.496 e. The molecule has 1 aliphatic rings. The molecule has 0 saturated carbocycles. The van der Waals surface area contributed by atoms with Gasteiger partial charge in [0.05, 0.1) is 19.8 Å². The largest absolute Gasteiger partial charge is 0.496 e. The number of likely N-dealkylation sites (N-methyl/N-ethyl adjacent to an activating group) is 1. The van der Waals surface area contributed by atoms with E-state index >= 15 is 0 Å². The van der Waals surface area contributed by atoms with Crippen LogP contribution in [0.4, 0.5) is 0 Å². The lowest BCUT2D eigenvalue weighted by atomic mass is 9.99. The standard InChI is InChI=1S/C25H35N3O4/c1-6-11-27(4)15-23-17(2)14-28(18(3)16-29)25(30)21-12-19(13-26-24(21)32-23)20-9-7-8-10-22(20)31-5/h7-10,12-13,17-18,23,29H,6,11,14-16H2,1-5H3/t17-,18+,23+/m0/s1. The normalized spacial score (nSPS) is 19.7. The molecule has 0 unspecified atom stereocenters. The van der Waals surface area contributed by atoms with Gasteiger partial charge < -0.3 is 24.4 Å². The Balaban J connectivity index is 2.06. The molecule has 1 amide bonds. The Morgan fingerprint density at radius 3 is 2.78 bits per heavy atom. The second kappa shape index (κ2) is 10.8. The summed E-state index contributed by atoms with van der Waals surface area (Å²) in [5.74, 6) is 0.945. The number of carbonyl (C=O) groups excluding carboxylic acids is 1. The molecule has 3 atom stereocenters. The zero-order valence-electron chi connectivity index (χ0n) is 19.7. The highest BCUT2D eigenvalue weighted by Crippen LogP contribution is 2.34. The molecular formula is C25H35N3O4. The molecule has 0 bridgehead atoms. The summed E-state index contributed by atoms with van der Waals surface area (Å²) >= 11 is 0. The van der Waals surface area contributed by atoms with Crippen molar-refractivity contribution in [1.29, 1.82) is 0 Å². The third-order valence-electron chi connectivity index (χ3n) is 6.04. The number of aromatic nitrogens is 1. The minimum absolute atomic E-state index is 0.0797. The number of benzene rings is 1. The molecule has 0 saturated heterocycles. The zero-order valence-corrected chi connectivity index (χ0v) is 19.7. The van der Waals surface area contributed by atoms with Crippen molar-refractivity contribution in [2.45, 2.75) is 39.3 Å². The highest BCUT2D eigenvalue weighted by Gasteiger charge is 2.34. The van der Waals surface area contributed by atoms with Gasteiger partial charge in [0.1, 0.15) is 17.4 Å². The van der Waals surface area contributed by atoms with E-state index in [0.29, 0.717) is 23.7 Å². The number of pyridine rings is 1. The summed E-state index contributed by atoms with van der Waals surface area (Å²) in [5.41, 5.74) is 2.04. The van der Waals surface area contributed by atoms with Crippen LogP contribution in [0.25, 0.3) is 11.1 Å². The summed E-state index contributed by atoms with van der Waals surface area (Å²) < 4.78 is 11.8. The van der Waals surface area contributed by atoms with Crippen LogP contribution in [0.15, 0.2) is 36.5 Å². The van der Waals surface area contributed by atoms with Gasteiger partial charge in [-0.25, -0.2) is 4.98 Å². The maximum Gasteiger partial charge on any atom is 0.259 e. The fraction of sp³-hybridized carbons (Fsp3) is 0.520. The molecule has 0 radical (unpaired) electrons. The van der Waals surface area contributed by atoms with E-state index in [-0.39, 0.29) is 30.6 Å². The second-order valence-corrected chi connectivity index (χ2v) is 8.66. The van der Waals surface area contributed by atoms with Gasteiger partial charge in [0.25, 0.3) is 5.91 Å². The van der Waals surface area contributed by atoms with Crippen LogP contribution >= 0.6 is 0 Å². The van der Waals surface area contributed by atoms with Gasteiger partial charge in [-0.15, -0.1) is 0 Å². The van der Waals surface area contributed by atoms with Crippen LogP contribution in [-0.2, 0) is 0 Å². The van der Waals surface area contributed by atoms with Crippen LogP contribution < -0.4 is 9.47 Å². The fourth-order valence-electron chi connectivity index (χ4n) is 4.13. The van der Waals surface area contributed by atoms with Crippen LogP contribution in [-0.4, -0.2) is 78.3 Å². The first kappa shape index (κ1) is 24.0. The minimum atomic E-state index is -0.306. The lowest BCUT2D eigenvalue weighted by Crippen LogP contribution is -2.50. The number of carbonyl (C=O) groups is 1. The highest BCUT2D eigenvalue weighted by atomic mass is 16.5. The monoisotopic (exact) mass is 441 g/mol. The van der Waals surface area contributed by atoms with Gasteiger partial charge >= 0.3 is 0 Å². The number of hydrogen-bond donors (Lipinski definition) is 1. The third kappa shape index (κ3) is 5.22. The van der Waals surface area contributed by atoms with Crippen molar-refractivity contribution in [3.8, 4) is 22.8 Å². The summed E-state index contributed by atoms with van der Waals surface area (Å²) in [6.45, 7) is 8.21. The Bertz CT molecular complexity index is 920. The Morgan fingerprint density at radius 2 is 2.09 bits per heavy atom. The first-order chi connectivity index (χ1) is 15.4. The molecule has 2 heterocycles. The Morgan fingerprint density at radius 1 is 1.34 bits per heavy atom. The van der Waals surface area contributed by atoms with E-state index in [2.05, 4.69) is 30.8 Å². The van der Waals surface area contributed by atoms with Crippen LogP contribution in [0.5, 0.6) is 11.6 Å². The average Bonchev–Trinajstić information content (AvgIpc) is 2.80. The van der Waals surface area contributed by atoms with Crippen LogP contribution in [0.1, 0.15) is 37.6 Å². The van der Waals surface area contributed by atoms with Crippen molar-refractivity contribution < 1.29 is 19.4 Å². The highest BCUT2D eigenvalue weighted by molar-refractivity contribution is 5.98. The number of fused-ring (bicyclic) bond motifs is 1. The van der Waals surface area contributed by atoms with Gasteiger partial charge in [-0.3, -0.25) is 4.79 Å². The number of hydrogen-bond acceptors (Lipinski definition) is 6. The van der Waals surface area contributed by atoms with E-state index in [9.17, 15) is 9.90 Å². The fourth-order valence-corrected chi connectivity index (χ4v) is 4.13. The van der Waals surface area contributed by atoms with Crippen molar-refractivity contribution >= 4 is 5.91 Å². The molecule has 0 fully saturated rings. The first-order valence-corrected chi connectivity index (χ1v) is 11.3. The molecule has 1 aliphatic heterocycles. The van der Waals surface area contributed by atoms with Gasteiger partial charge in [0, 0.05) is 36.3 Å². The van der Waals surface area contributed by atoms with E-state index in [1.54, 1.807) is 18.2 Å². The molecular weight excluding hydrogens is 406 g/mol. The zero-order chi connectivity index (χ0) is 23.3. The van der Waals surface area contributed by atoms with E-state index < -0.39 is 0 Å². The summed E-state index contributed by atoms with van der Waals surface area (Å²) in [4.78, 5) is 22.1. The van der Waals surface area contributed by atoms with Gasteiger partial charge in [-0.05, 0) is 39.1 Å². The van der Waals surface area contributed by atoms with Crippen LogP contribution in [0, 0.1) is 5.92 Å². The maximum absolute atomic E-state index is 13.6. The predicted molar refractivity (Wildman–Crippen MR) is 125 cm³/mol. The van der Waals surface area contributed by atoms with E-state index in [1.165, 1.54) is 0 Å². The van der Waals surface area contributed by atoms with E-state index in [4.69, 9.17) is 9.47 Å². The quantitative estimate of drug-likeness (QED) is 0.677. The molecule has 1 N–H and O–H groups in total. The number of methoxy groups -OCH3 is 1. The van der Waals surface area contributed by atoms with Gasteiger partial charge in [0.15, 0.2) is 0 Å². The SMILES string of the molecule is CCCN(C)C[C@H]1Oc2ncc(-c3ccccc3OC)cc2C(=O)N([C@H](C)CO)C[C@@H]1C. The number of ether oxygens (including phenoxy) is 2. The van der Waals surface area contributed by atoms with E-state index in [1.807, 2.05) is 37.3 Å². The molecule has 2 aromatic rings. The second-order valence-electron chi connectivity index (χ2n) is 8.66. The molecule has 0 aliphatic carbocycles. The van der Waals surface area contributed by atoms with Crippen LogP contribution in [0.3, 0.4) is 0 Å². The topological polar surface area (TPSA) is 75.1 Å². The molecule has 3 rings (SSSR count). The predicted octanol–water partition coefficient (Wildman–Crippen LogP) is 3.32.